The highest BCUT2D eigenvalue weighted by Gasteiger charge is 2.07. The summed E-state index contributed by atoms with van der Waals surface area (Å²) in [7, 11) is 0. The number of nitrogens with zero attached hydrogens (tertiary/aromatic N) is 3. The summed E-state index contributed by atoms with van der Waals surface area (Å²) < 4.78 is 1.90. The number of thiazole rings is 1. The molecule has 0 atom stereocenters. The van der Waals surface area contributed by atoms with Gasteiger partial charge in [0.05, 0.1) is 18.5 Å². The normalized spacial score (nSPS) is 12.0. The predicted octanol–water partition coefficient (Wildman–Crippen LogP) is 4.80. The molecule has 126 valence electrons. The largest absolute Gasteiger partial charge is 0.253 e. The zero-order valence-corrected chi connectivity index (χ0v) is 15.3. The van der Waals surface area contributed by atoms with E-state index in [0.717, 1.165) is 21.6 Å². The molecule has 0 unspecified atom stereocenters. The Labute approximate surface area is 152 Å². The Balaban J connectivity index is 2.06. The van der Waals surface area contributed by atoms with Crippen LogP contribution in [0.1, 0.15) is 16.7 Å². The van der Waals surface area contributed by atoms with Crippen molar-refractivity contribution in [2.24, 2.45) is 10.1 Å². The van der Waals surface area contributed by atoms with E-state index in [2.05, 4.69) is 73.3 Å². The van der Waals surface area contributed by atoms with Gasteiger partial charge >= 0.3 is 0 Å². The van der Waals surface area contributed by atoms with Gasteiger partial charge in [-0.3, -0.25) is 4.99 Å². The summed E-state index contributed by atoms with van der Waals surface area (Å²) in [5.41, 5.74) is 5.70. The zero-order valence-electron chi connectivity index (χ0n) is 14.5. The van der Waals surface area contributed by atoms with E-state index in [1.54, 1.807) is 17.4 Å². The van der Waals surface area contributed by atoms with E-state index in [9.17, 15) is 0 Å². The molecular weight excluding hydrogens is 326 g/mol. The van der Waals surface area contributed by atoms with Gasteiger partial charge in [-0.15, -0.1) is 17.9 Å². The standard InChI is InChI=1S/C21H21N3S/c1-4-12-22-21-24(23-14-18-7-5-6-17(3)13-18)20(15-25-21)19-10-8-16(2)9-11-19/h4-11,13-15H,1,12H2,2-3H3. The minimum Gasteiger partial charge on any atom is -0.253 e. The van der Waals surface area contributed by atoms with E-state index in [1.165, 1.54) is 11.1 Å². The molecule has 2 aromatic carbocycles. The maximum absolute atomic E-state index is 4.70. The molecule has 0 saturated heterocycles. The molecule has 0 amide bonds. The predicted molar refractivity (Wildman–Crippen MR) is 107 cm³/mol. The van der Waals surface area contributed by atoms with Crippen LogP contribution in [0.4, 0.5) is 0 Å². The Morgan fingerprint density at radius 1 is 1.08 bits per heavy atom. The molecule has 3 nitrogen and oxygen atoms in total. The fourth-order valence-corrected chi connectivity index (χ4v) is 3.31. The molecule has 4 heteroatoms. The van der Waals surface area contributed by atoms with Crippen LogP contribution in [0.2, 0.25) is 0 Å². The molecule has 1 heterocycles. The van der Waals surface area contributed by atoms with Crippen molar-refractivity contribution < 1.29 is 0 Å². The summed E-state index contributed by atoms with van der Waals surface area (Å²) in [5.74, 6) is 0. The van der Waals surface area contributed by atoms with E-state index in [-0.39, 0.29) is 0 Å². The molecule has 3 rings (SSSR count). The lowest BCUT2D eigenvalue weighted by Gasteiger charge is -2.04. The third-order valence-corrected chi connectivity index (χ3v) is 4.61. The second kappa shape index (κ2) is 7.90. The molecule has 0 fully saturated rings. The lowest BCUT2D eigenvalue weighted by molar-refractivity contribution is 0.840. The smallest absolute Gasteiger partial charge is 0.206 e. The Morgan fingerprint density at radius 2 is 1.88 bits per heavy atom. The Morgan fingerprint density at radius 3 is 2.60 bits per heavy atom. The highest BCUT2D eigenvalue weighted by atomic mass is 32.1. The summed E-state index contributed by atoms with van der Waals surface area (Å²) in [6, 6.07) is 16.7. The van der Waals surface area contributed by atoms with E-state index < -0.39 is 0 Å². The zero-order chi connectivity index (χ0) is 17.6. The quantitative estimate of drug-likeness (QED) is 0.469. The van der Waals surface area contributed by atoms with Gasteiger partial charge in [-0.2, -0.15) is 5.10 Å². The highest BCUT2D eigenvalue weighted by Crippen LogP contribution is 2.20. The fourth-order valence-electron chi connectivity index (χ4n) is 2.46. The second-order valence-corrected chi connectivity index (χ2v) is 6.71. The van der Waals surface area contributed by atoms with Gasteiger partial charge in [-0.25, -0.2) is 4.68 Å². The van der Waals surface area contributed by atoms with Gasteiger partial charge in [-0.05, 0) is 19.4 Å². The van der Waals surface area contributed by atoms with Gasteiger partial charge < -0.3 is 0 Å². The molecule has 0 spiro atoms. The Bertz CT molecular complexity index is 959. The Hall–Kier alpha value is -2.72. The molecule has 0 radical (unpaired) electrons. The molecule has 0 N–H and O–H groups in total. The lowest BCUT2D eigenvalue weighted by atomic mass is 10.1. The number of hydrogen-bond donors (Lipinski definition) is 0. The van der Waals surface area contributed by atoms with Crippen molar-refractivity contribution in [1.29, 1.82) is 0 Å². The number of hydrogen-bond acceptors (Lipinski definition) is 3. The van der Waals surface area contributed by atoms with Gasteiger partial charge in [0.25, 0.3) is 0 Å². The topological polar surface area (TPSA) is 29.6 Å². The van der Waals surface area contributed by atoms with E-state index in [1.807, 2.05) is 17.0 Å². The molecule has 0 aliphatic carbocycles. The van der Waals surface area contributed by atoms with Gasteiger partial charge in [0, 0.05) is 10.9 Å². The van der Waals surface area contributed by atoms with Gasteiger partial charge in [0.15, 0.2) is 0 Å². The molecular formula is C21H21N3S. The summed E-state index contributed by atoms with van der Waals surface area (Å²) in [5, 5.41) is 6.80. The summed E-state index contributed by atoms with van der Waals surface area (Å²) in [6.45, 7) is 8.49. The van der Waals surface area contributed by atoms with Crippen molar-refractivity contribution in [3.05, 3.63) is 88.1 Å². The summed E-state index contributed by atoms with van der Waals surface area (Å²) in [6.07, 6.45) is 3.67. The molecule has 25 heavy (non-hydrogen) atoms. The second-order valence-electron chi connectivity index (χ2n) is 5.87. The van der Waals surface area contributed by atoms with Crippen molar-refractivity contribution in [2.75, 3.05) is 6.54 Å². The molecule has 0 saturated carbocycles. The van der Waals surface area contributed by atoms with Gasteiger partial charge in [0.1, 0.15) is 0 Å². The first-order valence-corrected chi connectivity index (χ1v) is 9.05. The van der Waals surface area contributed by atoms with Crippen LogP contribution >= 0.6 is 11.3 Å². The van der Waals surface area contributed by atoms with Crippen LogP contribution in [0.3, 0.4) is 0 Å². The van der Waals surface area contributed by atoms with Crippen LogP contribution in [0.5, 0.6) is 0 Å². The minimum atomic E-state index is 0.577. The van der Waals surface area contributed by atoms with Crippen LogP contribution in [-0.4, -0.2) is 17.4 Å². The maximum atomic E-state index is 4.70. The fraction of sp³-hybridized carbons (Fsp3) is 0.143. The van der Waals surface area contributed by atoms with Gasteiger partial charge in [-0.1, -0.05) is 65.7 Å². The summed E-state index contributed by atoms with van der Waals surface area (Å²) in [4.78, 5) is 5.43. The van der Waals surface area contributed by atoms with Crippen LogP contribution in [0, 0.1) is 13.8 Å². The molecule has 0 aliphatic rings. The number of aryl methyl sites for hydroxylation is 2. The third-order valence-electron chi connectivity index (χ3n) is 3.75. The molecule has 0 bridgehead atoms. The van der Waals surface area contributed by atoms with E-state index >= 15 is 0 Å². The SMILES string of the molecule is C=CCN=c1scc(-c2ccc(C)cc2)n1N=Cc1cccc(C)c1. The molecule has 3 aromatic rings. The van der Waals surface area contributed by atoms with Crippen LogP contribution in [0.15, 0.2) is 76.7 Å². The first kappa shape index (κ1) is 17.1. The third kappa shape index (κ3) is 4.22. The first-order chi connectivity index (χ1) is 12.2. The van der Waals surface area contributed by atoms with Crippen molar-refractivity contribution in [2.45, 2.75) is 13.8 Å². The first-order valence-electron chi connectivity index (χ1n) is 8.17. The van der Waals surface area contributed by atoms with Gasteiger partial charge in [0.2, 0.25) is 4.80 Å². The maximum Gasteiger partial charge on any atom is 0.206 e. The average Bonchev–Trinajstić information content (AvgIpc) is 3.01. The number of rotatable bonds is 5. The van der Waals surface area contributed by atoms with Crippen LogP contribution in [-0.2, 0) is 0 Å². The van der Waals surface area contributed by atoms with Crippen molar-refractivity contribution in [1.82, 2.24) is 4.68 Å². The van der Waals surface area contributed by atoms with Crippen molar-refractivity contribution in [3.63, 3.8) is 0 Å². The monoisotopic (exact) mass is 347 g/mol. The Kier molecular flexibility index (Phi) is 5.41. The van der Waals surface area contributed by atoms with Crippen LogP contribution < -0.4 is 4.80 Å². The van der Waals surface area contributed by atoms with Crippen LogP contribution in [0.25, 0.3) is 11.3 Å². The summed E-state index contributed by atoms with van der Waals surface area (Å²) >= 11 is 1.59. The van der Waals surface area contributed by atoms with Crippen molar-refractivity contribution in [3.8, 4) is 11.3 Å². The minimum absolute atomic E-state index is 0.577. The molecule has 1 aromatic heterocycles. The number of aromatic nitrogens is 1. The molecule has 0 aliphatic heterocycles. The van der Waals surface area contributed by atoms with Crippen molar-refractivity contribution >= 4 is 17.6 Å². The average molecular weight is 347 g/mol. The highest BCUT2D eigenvalue weighted by molar-refractivity contribution is 7.07. The van der Waals surface area contributed by atoms with E-state index in [0.29, 0.717) is 6.54 Å². The lowest BCUT2D eigenvalue weighted by Crippen LogP contribution is -2.12. The number of benzene rings is 2. The van der Waals surface area contributed by atoms with E-state index in [4.69, 9.17) is 5.10 Å².